The first-order chi connectivity index (χ1) is 10.2. The van der Waals surface area contributed by atoms with Gasteiger partial charge in [-0.15, -0.1) is 0 Å². The molecule has 2 rings (SSSR count). The van der Waals surface area contributed by atoms with Crippen molar-refractivity contribution < 1.29 is 9.53 Å². The van der Waals surface area contributed by atoms with Crippen LogP contribution in [0, 0.1) is 0 Å². The normalized spacial score (nSPS) is 13.9. The fourth-order valence-electron chi connectivity index (χ4n) is 2.52. The summed E-state index contributed by atoms with van der Waals surface area (Å²) in [4.78, 5) is 15.2. The lowest BCUT2D eigenvalue weighted by molar-refractivity contribution is -0.140. The van der Waals surface area contributed by atoms with Crippen molar-refractivity contribution in [1.29, 1.82) is 0 Å². The largest absolute Gasteiger partial charge is 0.469 e. The number of nitrogens with zero attached hydrogens (tertiary/aromatic N) is 1. The number of anilines is 1. The van der Waals surface area contributed by atoms with Crippen LogP contribution in [0.2, 0.25) is 0 Å². The highest BCUT2D eigenvalue weighted by atomic mass is 16.5. The van der Waals surface area contributed by atoms with Gasteiger partial charge >= 0.3 is 5.97 Å². The number of methoxy groups -OCH3 is 1. The molecule has 0 unspecified atom stereocenters. The van der Waals surface area contributed by atoms with Crippen LogP contribution in [0.3, 0.4) is 0 Å². The molecule has 21 heavy (non-hydrogen) atoms. The second kappa shape index (κ2) is 7.67. The van der Waals surface area contributed by atoms with Crippen molar-refractivity contribution in [2.75, 3.05) is 19.0 Å². The summed E-state index contributed by atoms with van der Waals surface area (Å²) in [5.41, 5.74) is 9.71. The molecule has 0 spiro atoms. The van der Waals surface area contributed by atoms with E-state index in [1.807, 2.05) is 6.07 Å². The molecule has 0 saturated carbocycles. The van der Waals surface area contributed by atoms with Crippen molar-refractivity contribution in [3.8, 4) is 0 Å². The molecular formula is C16H23N3O2. The van der Waals surface area contributed by atoms with Crippen LogP contribution < -0.4 is 11.1 Å². The zero-order valence-electron chi connectivity index (χ0n) is 12.5. The predicted molar refractivity (Wildman–Crippen MR) is 84.4 cm³/mol. The number of hydrogen-bond acceptors (Lipinski definition) is 3. The molecule has 114 valence electrons. The fraction of sp³-hybridized carbons (Fsp3) is 0.500. The van der Waals surface area contributed by atoms with Gasteiger partial charge in [0.1, 0.15) is 0 Å². The Morgan fingerprint density at radius 1 is 1.33 bits per heavy atom. The molecule has 1 aromatic rings. The van der Waals surface area contributed by atoms with E-state index in [2.05, 4.69) is 27.2 Å². The number of fused-ring (bicyclic) bond motifs is 1. The van der Waals surface area contributed by atoms with Crippen molar-refractivity contribution in [3.05, 3.63) is 29.3 Å². The van der Waals surface area contributed by atoms with E-state index in [-0.39, 0.29) is 5.97 Å². The van der Waals surface area contributed by atoms with Crippen LogP contribution >= 0.6 is 0 Å². The summed E-state index contributed by atoms with van der Waals surface area (Å²) in [6.07, 6.45) is 5.59. The number of nitrogens with one attached hydrogen (secondary N) is 1. The predicted octanol–water partition coefficient (Wildman–Crippen LogP) is 2.25. The number of ether oxygens (including phenoxy) is 1. The van der Waals surface area contributed by atoms with Crippen LogP contribution in [0.25, 0.3) is 0 Å². The number of benzene rings is 1. The number of hydrogen-bond donors (Lipinski definition) is 2. The number of nitrogens with two attached hydrogens (primary N) is 1. The minimum atomic E-state index is -0.178. The summed E-state index contributed by atoms with van der Waals surface area (Å²) in [5.74, 6) is 0.245. The molecule has 0 radical (unpaired) electrons. The number of aliphatic imine (C=N–C) groups is 1. The molecule has 0 amide bonds. The molecule has 5 nitrogen and oxygen atoms in total. The number of esters is 1. The third kappa shape index (κ3) is 4.77. The van der Waals surface area contributed by atoms with Gasteiger partial charge in [0.25, 0.3) is 0 Å². The zero-order valence-corrected chi connectivity index (χ0v) is 12.5. The van der Waals surface area contributed by atoms with Crippen molar-refractivity contribution in [1.82, 2.24) is 0 Å². The molecule has 0 fully saturated rings. The lowest BCUT2D eigenvalue weighted by atomic mass is 10.1. The fourth-order valence-corrected chi connectivity index (χ4v) is 2.52. The van der Waals surface area contributed by atoms with Gasteiger partial charge in [-0.25, -0.2) is 0 Å². The summed E-state index contributed by atoms with van der Waals surface area (Å²) in [5, 5.41) is 3.12. The molecule has 0 bridgehead atoms. The molecule has 5 heteroatoms. The van der Waals surface area contributed by atoms with Gasteiger partial charge in [0.15, 0.2) is 5.96 Å². The molecule has 3 N–H and O–H groups in total. The molecule has 0 aliphatic heterocycles. The Bertz CT molecular complexity index is 526. The number of carbonyl (C=O) groups is 1. The summed E-state index contributed by atoms with van der Waals surface area (Å²) in [7, 11) is 1.40. The molecule has 1 aliphatic rings. The minimum absolute atomic E-state index is 0.178. The number of carbonyl (C=O) groups excluding carboxylic acids is 1. The number of unbranched alkanes of at least 4 members (excludes halogenated alkanes) is 1. The maximum atomic E-state index is 10.9. The van der Waals surface area contributed by atoms with Crippen LogP contribution in [-0.2, 0) is 22.4 Å². The van der Waals surface area contributed by atoms with E-state index >= 15 is 0 Å². The van der Waals surface area contributed by atoms with Gasteiger partial charge in [0.05, 0.1) is 7.11 Å². The SMILES string of the molecule is COC(=O)CCCCN=C(N)Nc1ccc2c(c1)CCC2. The first kappa shape index (κ1) is 15.4. The Kier molecular flexibility index (Phi) is 5.60. The number of guanidine groups is 1. The molecule has 0 aromatic heterocycles. The van der Waals surface area contributed by atoms with E-state index in [0.717, 1.165) is 24.9 Å². The molecule has 0 saturated heterocycles. The Hall–Kier alpha value is -2.04. The Morgan fingerprint density at radius 3 is 2.95 bits per heavy atom. The van der Waals surface area contributed by atoms with E-state index < -0.39 is 0 Å². The highest BCUT2D eigenvalue weighted by Crippen LogP contribution is 2.24. The molecule has 1 aromatic carbocycles. The van der Waals surface area contributed by atoms with Crippen LogP contribution in [0.4, 0.5) is 5.69 Å². The molecular weight excluding hydrogens is 266 g/mol. The van der Waals surface area contributed by atoms with Gasteiger partial charge in [-0.3, -0.25) is 9.79 Å². The Labute approximate surface area is 125 Å². The van der Waals surface area contributed by atoms with Gasteiger partial charge < -0.3 is 15.8 Å². The van der Waals surface area contributed by atoms with E-state index in [1.165, 1.54) is 31.1 Å². The monoisotopic (exact) mass is 289 g/mol. The Morgan fingerprint density at radius 2 is 2.14 bits per heavy atom. The standard InChI is InChI=1S/C16H23N3O2/c1-21-15(20)7-2-3-10-18-16(17)19-14-9-8-12-5-4-6-13(12)11-14/h8-9,11H,2-7,10H2,1H3,(H3,17,18,19). The third-order valence-electron chi connectivity index (χ3n) is 3.67. The summed E-state index contributed by atoms with van der Waals surface area (Å²) >= 11 is 0. The van der Waals surface area contributed by atoms with Crippen LogP contribution in [0.1, 0.15) is 36.8 Å². The summed E-state index contributed by atoms with van der Waals surface area (Å²) < 4.78 is 4.58. The highest BCUT2D eigenvalue weighted by Gasteiger charge is 2.10. The Balaban J connectivity index is 1.74. The summed E-state index contributed by atoms with van der Waals surface area (Å²) in [6, 6.07) is 6.36. The van der Waals surface area contributed by atoms with Gasteiger partial charge in [0.2, 0.25) is 0 Å². The van der Waals surface area contributed by atoms with E-state index in [4.69, 9.17) is 5.73 Å². The first-order valence-corrected chi connectivity index (χ1v) is 7.44. The molecule has 0 atom stereocenters. The molecule has 1 aliphatic carbocycles. The van der Waals surface area contributed by atoms with Gasteiger partial charge in [-0.05, 0) is 55.4 Å². The zero-order chi connectivity index (χ0) is 15.1. The van der Waals surface area contributed by atoms with Gasteiger partial charge in [0, 0.05) is 18.7 Å². The maximum Gasteiger partial charge on any atom is 0.305 e. The van der Waals surface area contributed by atoms with Gasteiger partial charge in [-0.2, -0.15) is 0 Å². The quantitative estimate of drug-likeness (QED) is 0.364. The highest BCUT2D eigenvalue weighted by molar-refractivity contribution is 5.92. The number of aryl methyl sites for hydroxylation is 2. The van der Waals surface area contributed by atoms with Crippen LogP contribution in [0.15, 0.2) is 23.2 Å². The van der Waals surface area contributed by atoms with Crippen LogP contribution in [-0.4, -0.2) is 25.6 Å². The minimum Gasteiger partial charge on any atom is -0.469 e. The van der Waals surface area contributed by atoms with Crippen molar-refractivity contribution >= 4 is 17.6 Å². The van der Waals surface area contributed by atoms with E-state index in [0.29, 0.717) is 18.9 Å². The average Bonchev–Trinajstić information content (AvgIpc) is 2.94. The van der Waals surface area contributed by atoms with Crippen molar-refractivity contribution in [3.63, 3.8) is 0 Å². The van der Waals surface area contributed by atoms with Gasteiger partial charge in [-0.1, -0.05) is 6.07 Å². The summed E-state index contributed by atoms with van der Waals surface area (Å²) in [6.45, 7) is 0.612. The smallest absolute Gasteiger partial charge is 0.305 e. The first-order valence-electron chi connectivity index (χ1n) is 7.44. The second-order valence-electron chi connectivity index (χ2n) is 5.26. The lowest BCUT2D eigenvalue weighted by Gasteiger charge is -2.08. The second-order valence-corrected chi connectivity index (χ2v) is 5.26. The third-order valence-corrected chi connectivity index (χ3v) is 3.67. The van der Waals surface area contributed by atoms with Crippen molar-refractivity contribution in [2.45, 2.75) is 38.5 Å². The van der Waals surface area contributed by atoms with E-state index in [1.54, 1.807) is 0 Å². The van der Waals surface area contributed by atoms with E-state index in [9.17, 15) is 4.79 Å². The van der Waals surface area contributed by atoms with Crippen molar-refractivity contribution in [2.24, 2.45) is 10.7 Å². The lowest BCUT2D eigenvalue weighted by Crippen LogP contribution is -2.23. The molecule has 0 heterocycles. The average molecular weight is 289 g/mol. The number of rotatable bonds is 6. The van der Waals surface area contributed by atoms with Crippen LogP contribution in [0.5, 0.6) is 0 Å². The maximum absolute atomic E-state index is 10.9. The topological polar surface area (TPSA) is 76.7 Å².